The van der Waals surface area contributed by atoms with Crippen molar-refractivity contribution >= 4 is 22.3 Å². The van der Waals surface area contributed by atoms with E-state index in [0.29, 0.717) is 0 Å². The number of rotatable bonds is 0. The molecule has 15 heavy (non-hydrogen) atoms. The summed E-state index contributed by atoms with van der Waals surface area (Å²) in [5.41, 5.74) is 7.95. The van der Waals surface area contributed by atoms with Crippen LogP contribution in [0.3, 0.4) is 0 Å². The summed E-state index contributed by atoms with van der Waals surface area (Å²) in [7, 11) is 0. The van der Waals surface area contributed by atoms with E-state index in [1.165, 1.54) is 32.7 Å². The molecular formula is C14H8O. The van der Waals surface area contributed by atoms with Crippen molar-refractivity contribution in [2.45, 2.75) is 12.8 Å². The lowest BCUT2D eigenvalue weighted by atomic mass is 10.1. The molecular weight excluding hydrogens is 184 g/mol. The summed E-state index contributed by atoms with van der Waals surface area (Å²) in [6.45, 7) is 0. The van der Waals surface area contributed by atoms with Crippen LogP contribution in [-0.4, -0.2) is 0 Å². The number of hydrogen-bond donors (Lipinski definition) is 0. The summed E-state index contributed by atoms with van der Waals surface area (Å²) >= 11 is 0. The van der Waals surface area contributed by atoms with E-state index in [4.69, 9.17) is 4.42 Å². The van der Waals surface area contributed by atoms with Crippen molar-refractivity contribution < 1.29 is 4.42 Å². The van der Waals surface area contributed by atoms with Crippen molar-refractivity contribution in [3.63, 3.8) is 0 Å². The lowest BCUT2D eigenvalue weighted by molar-refractivity contribution is 0.495. The molecule has 0 fully saturated rings. The molecule has 0 aliphatic heterocycles. The Balaban J connectivity index is 2.31. The first-order valence-electron chi connectivity index (χ1n) is 5.39. The van der Waals surface area contributed by atoms with Gasteiger partial charge in [-0.3, -0.25) is 0 Å². The Morgan fingerprint density at radius 1 is 0.667 bits per heavy atom. The van der Waals surface area contributed by atoms with Crippen molar-refractivity contribution in [2.75, 3.05) is 0 Å². The predicted molar refractivity (Wildman–Crippen MR) is 58.4 cm³/mol. The lowest BCUT2D eigenvalue weighted by Crippen LogP contribution is -2.38. The molecule has 4 bridgehead atoms. The summed E-state index contributed by atoms with van der Waals surface area (Å²) in [5.74, 6) is 0. The molecule has 1 aromatic heterocycles. The van der Waals surface area contributed by atoms with E-state index in [1.807, 2.05) is 0 Å². The van der Waals surface area contributed by atoms with Gasteiger partial charge in [0.05, 0.1) is 0 Å². The molecule has 0 saturated heterocycles. The normalized spacial score (nSPS) is 22.4. The molecule has 4 aliphatic carbocycles. The molecule has 5 rings (SSSR count). The predicted octanol–water partition coefficient (Wildman–Crippen LogP) is -0.171. The van der Waals surface area contributed by atoms with Gasteiger partial charge in [-0.2, -0.15) is 0 Å². The van der Waals surface area contributed by atoms with Crippen LogP contribution in [0.2, 0.25) is 0 Å². The van der Waals surface area contributed by atoms with Gasteiger partial charge in [-0.05, 0) is 22.3 Å². The second kappa shape index (κ2) is 1.81. The van der Waals surface area contributed by atoms with E-state index >= 15 is 0 Å². The molecule has 0 atom stereocenters. The molecule has 1 nitrogen and oxygen atoms in total. The number of hydrogen-bond acceptors (Lipinski definition) is 1. The highest BCUT2D eigenvalue weighted by Crippen LogP contribution is 2.27. The van der Waals surface area contributed by atoms with Crippen LogP contribution in [0.25, 0.3) is 22.3 Å². The molecule has 1 aromatic rings. The van der Waals surface area contributed by atoms with Crippen LogP contribution in [0, 0.1) is 0 Å². The van der Waals surface area contributed by atoms with Gasteiger partial charge in [0.15, 0.2) is 0 Å². The van der Waals surface area contributed by atoms with Crippen LogP contribution in [0.15, 0.2) is 28.7 Å². The van der Waals surface area contributed by atoms with E-state index in [2.05, 4.69) is 24.3 Å². The number of furan rings is 1. The van der Waals surface area contributed by atoms with Gasteiger partial charge in [0, 0.05) is 23.3 Å². The summed E-state index contributed by atoms with van der Waals surface area (Å²) in [5, 5.41) is 2.80. The summed E-state index contributed by atoms with van der Waals surface area (Å²) in [6, 6.07) is 0. The molecule has 1 heteroatoms. The zero-order valence-electron chi connectivity index (χ0n) is 8.13. The van der Waals surface area contributed by atoms with E-state index < -0.39 is 0 Å². The molecule has 4 aliphatic rings. The Labute approximate surface area is 85.7 Å². The first-order valence-corrected chi connectivity index (χ1v) is 5.39. The third-order valence-corrected chi connectivity index (χ3v) is 3.87. The van der Waals surface area contributed by atoms with Gasteiger partial charge < -0.3 is 4.42 Å². The number of allylic oxidation sites excluding steroid dienone is 4. The third kappa shape index (κ3) is 0.552. The van der Waals surface area contributed by atoms with Gasteiger partial charge in [0.1, 0.15) is 10.8 Å². The topological polar surface area (TPSA) is 13.1 Å². The first-order chi connectivity index (χ1) is 7.42. The van der Waals surface area contributed by atoms with Crippen molar-refractivity contribution in [1.29, 1.82) is 0 Å². The smallest absolute Gasteiger partial charge is 0.139 e. The fourth-order valence-electron chi connectivity index (χ4n) is 3.20. The van der Waals surface area contributed by atoms with Gasteiger partial charge in [-0.25, -0.2) is 0 Å². The van der Waals surface area contributed by atoms with Crippen molar-refractivity contribution in [3.05, 3.63) is 45.6 Å². The zero-order valence-corrected chi connectivity index (χ0v) is 8.13. The Hall–Kier alpha value is -1.76. The molecule has 70 valence electrons. The minimum Gasteiger partial charge on any atom is -0.455 e. The molecule has 0 spiro atoms. The van der Waals surface area contributed by atoms with Crippen LogP contribution >= 0.6 is 0 Å². The maximum absolute atomic E-state index is 6.02. The largest absolute Gasteiger partial charge is 0.455 e. The monoisotopic (exact) mass is 192 g/mol. The standard InChI is InChI=1S/C14H8O/c1-3-9-5-7(1)11-12-8-2-4-10(6-8)14(12)15-13(9)11/h1-4H,5-6H2. The Bertz CT molecular complexity index is 768. The van der Waals surface area contributed by atoms with Gasteiger partial charge in [0.2, 0.25) is 0 Å². The van der Waals surface area contributed by atoms with Gasteiger partial charge in [-0.15, -0.1) is 0 Å². The quantitative estimate of drug-likeness (QED) is 0.556. The second-order valence-electron chi connectivity index (χ2n) is 4.63. The zero-order chi connectivity index (χ0) is 9.57. The van der Waals surface area contributed by atoms with Crippen LogP contribution in [-0.2, 0) is 0 Å². The molecule has 0 unspecified atom stereocenters. The minimum atomic E-state index is 1.09. The van der Waals surface area contributed by atoms with Gasteiger partial charge >= 0.3 is 0 Å². The summed E-state index contributed by atoms with van der Waals surface area (Å²) in [4.78, 5) is 0. The van der Waals surface area contributed by atoms with E-state index in [1.54, 1.807) is 0 Å². The molecule has 0 saturated carbocycles. The highest BCUT2D eigenvalue weighted by molar-refractivity contribution is 5.88. The Morgan fingerprint density at radius 2 is 1.13 bits per heavy atom. The first kappa shape index (κ1) is 6.67. The Morgan fingerprint density at radius 3 is 1.67 bits per heavy atom. The summed E-state index contributed by atoms with van der Waals surface area (Å²) < 4.78 is 6.02. The molecule has 0 radical (unpaired) electrons. The van der Waals surface area contributed by atoms with Crippen LogP contribution < -0.4 is 21.3 Å². The average molecular weight is 192 g/mol. The highest BCUT2D eigenvalue weighted by Gasteiger charge is 2.25. The fourth-order valence-corrected chi connectivity index (χ4v) is 3.20. The SMILES string of the molecule is C1=CC2=c3c(oc4c3=C3C=CC=4C3)=C1C2. The van der Waals surface area contributed by atoms with E-state index in [0.717, 1.165) is 23.7 Å². The lowest BCUT2D eigenvalue weighted by Gasteiger charge is -1.87. The fraction of sp³-hybridized carbons (Fsp3) is 0.143. The third-order valence-electron chi connectivity index (χ3n) is 3.87. The number of fused-ring (bicyclic) bond motifs is 7. The second-order valence-corrected chi connectivity index (χ2v) is 4.63. The van der Waals surface area contributed by atoms with Crippen LogP contribution in [0.4, 0.5) is 0 Å². The maximum Gasteiger partial charge on any atom is 0.139 e. The van der Waals surface area contributed by atoms with Crippen molar-refractivity contribution in [3.8, 4) is 0 Å². The van der Waals surface area contributed by atoms with Crippen molar-refractivity contribution in [2.24, 2.45) is 0 Å². The van der Waals surface area contributed by atoms with Crippen molar-refractivity contribution in [1.82, 2.24) is 0 Å². The minimum absolute atomic E-state index is 1.09. The van der Waals surface area contributed by atoms with E-state index in [9.17, 15) is 0 Å². The van der Waals surface area contributed by atoms with Gasteiger partial charge in [-0.1, -0.05) is 24.3 Å². The van der Waals surface area contributed by atoms with Crippen LogP contribution in [0.5, 0.6) is 0 Å². The van der Waals surface area contributed by atoms with Crippen LogP contribution in [0.1, 0.15) is 12.8 Å². The molecule has 0 aromatic carbocycles. The molecule has 1 heterocycles. The Kier molecular flexibility index (Phi) is 0.805. The van der Waals surface area contributed by atoms with Gasteiger partial charge in [0.25, 0.3) is 0 Å². The highest BCUT2D eigenvalue weighted by atomic mass is 16.3. The molecule has 0 N–H and O–H groups in total. The molecule has 0 amide bonds. The van der Waals surface area contributed by atoms with E-state index in [-0.39, 0.29) is 0 Å². The summed E-state index contributed by atoms with van der Waals surface area (Å²) in [6.07, 6.45) is 11.1. The average Bonchev–Trinajstić information content (AvgIpc) is 3.02. The maximum atomic E-state index is 6.02.